The zero-order chi connectivity index (χ0) is 35.9. The summed E-state index contributed by atoms with van der Waals surface area (Å²) in [5, 5.41) is 11.4. The van der Waals surface area contributed by atoms with Crippen molar-refractivity contribution in [3.63, 3.8) is 0 Å². The van der Waals surface area contributed by atoms with Gasteiger partial charge in [-0.15, -0.1) is 0 Å². The number of ether oxygens (including phenoxy) is 1. The smallest absolute Gasteiger partial charge is 0.264 e. The van der Waals surface area contributed by atoms with Crippen LogP contribution in [0.25, 0.3) is 22.3 Å². The number of hydrogen-bond donors (Lipinski definition) is 1. The summed E-state index contributed by atoms with van der Waals surface area (Å²) >= 11 is 6.62. The number of aromatic nitrogens is 3. The molecule has 11 heteroatoms. The van der Waals surface area contributed by atoms with E-state index in [-0.39, 0.29) is 23.6 Å². The molecule has 3 aromatic heterocycles. The van der Waals surface area contributed by atoms with Crippen LogP contribution in [0.15, 0.2) is 104 Å². The molecule has 1 N–H and O–H groups in total. The SMILES string of the molecule is Cn1cc(C(=O)N(c2ccc(O)cc2)c2cnc3c(ccn3C)c2)cc1-c1cc(Cl)ccc1C(=O)N1Cc2ccccc2C[C@H]1CN1CCOCC1. The molecule has 0 aliphatic carbocycles. The number of morpholine rings is 1. The maximum atomic E-state index is 14.8. The van der Waals surface area contributed by atoms with Gasteiger partial charge in [-0.3, -0.25) is 19.4 Å². The van der Waals surface area contributed by atoms with Gasteiger partial charge < -0.3 is 23.9 Å². The summed E-state index contributed by atoms with van der Waals surface area (Å²) in [5.41, 5.74) is 6.62. The van der Waals surface area contributed by atoms with E-state index >= 15 is 0 Å². The summed E-state index contributed by atoms with van der Waals surface area (Å²) in [4.78, 5) is 39.9. The fourth-order valence-electron chi connectivity index (χ4n) is 7.47. The maximum Gasteiger partial charge on any atom is 0.264 e. The average molecular weight is 715 g/mol. The molecule has 1 fully saturated rings. The molecule has 5 heterocycles. The Kier molecular flexibility index (Phi) is 9.04. The van der Waals surface area contributed by atoms with E-state index < -0.39 is 0 Å². The largest absolute Gasteiger partial charge is 0.508 e. The van der Waals surface area contributed by atoms with Gasteiger partial charge in [0.1, 0.15) is 11.4 Å². The summed E-state index contributed by atoms with van der Waals surface area (Å²) < 4.78 is 9.39. The third-order valence-corrected chi connectivity index (χ3v) is 10.4. The number of benzene rings is 3. The Morgan fingerprint density at radius 1 is 0.923 bits per heavy atom. The highest BCUT2D eigenvalue weighted by molar-refractivity contribution is 6.31. The summed E-state index contributed by atoms with van der Waals surface area (Å²) in [7, 11) is 3.79. The molecule has 2 aliphatic rings. The van der Waals surface area contributed by atoms with Crippen LogP contribution in [-0.2, 0) is 31.8 Å². The Balaban J connectivity index is 1.16. The van der Waals surface area contributed by atoms with Crippen molar-refractivity contribution < 1.29 is 19.4 Å². The minimum Gasteiger partial charge on any atom is -0.508 e. The number of pyridine rings is 1. The number of phenolic OH excluding ortho intramolecular Hbond substituents is 1. The van der Waals surface area contributed by atoms with Crippen molar-refractivity contribution in [3.8, 4) is 17.0 Å². The molecule has 10 nitrogen and oxygen atoms in total. The van der Waals surface area contributed by atoms with E-state index in [0.717, 1.165) is 42.7 Å². The molecule has 8 rings (SSSR count). The number of rotatable bonds is 7. The first-order valence-electron chi connectivity index (χ1n) is 17.4. The summed E-state index contributed by atoms with van der Waals surface area (Å²) in [6.07, 6.45) is 6.14. The molecule has 0 saturated carbocycles. The fourth-order valence-corrected chi connectivity index (χ4v) is 7.64. The van der Waals surface area contributed by atoms with E-state index in [1.54, 1.807) is 59.8 Å². The summed E-state index contributed by atoms with van der Waals surface area (Å²) in [6, 6.07) is 25.9. The predicted molar refractivity (Wildman–Crippen MR) is 202 cm³/mol. The van der Waals surface area contributed by atoms with Gasteiger partial charge in [-0.1, -0.05) is 35.9 Å². The first kappa shape index (κ1) is 33.7. The van der Waals surface area contributed by atoms with E-state index in [1.807, 2.05) is 58.6 Å². The number of aromatic hydroxyl groups is 1. The van der Waals surface area contributed by atoms with E-state index in [4.69, 9.17) is 16.3 Å². The molecule has 0 radical (unpaired) electrons. The fraction of sp³-hybridized carbons (Fsp3) is 0.244. The van der Waals surface area contributed by atoms with E-state index in [0.29, 0.717) is 58.5 Å². The Bertz CT molecular complexity index is 2290. The molecule has 0 bridgehead atoms. The van der Waals surface area contributed by atoms with Crippen LogP contribution in [0.5, 0.6) is 5.75 Å². The first-order valence-corrected chi connectivity index (χ1v) is 17.8. The molecule has 2 amide bonds. The third kappa shape index (κ3) is 6.45. The highest BCUT2D eigenvalue weighted by Gasteiger charge is 2.34. The number of aryl methyl sites for hydroxylation is 2. The van der Waals surface area contributed by atoms with Crippen LogP contribution in [0.4, 0.5) is 11.4 Å². The lowest BCUT2D eigenvalue weighted by Crippen LogP contribution is -2.52. The zero-order valence-corrected chi connectivity index (χ0v) is 29.8. The number of hydrogen-bond acceptors (Lipinski definition) is 6. The maximum absolute atomic E-state index is 14.8. The van der Waals surface area contributed by atoms with Crippen molar-refractivity contribution in [1.82, 2.24) is 23.9 Å². The molecule has 52 heavy (non-hydrogen) atoms. The van der Waals surface area contributed by atoms with Crippen LogP contribution in [0.1, 0.15) is 31.8 Å². The second-order valence-corrected chi connectivity index (χ2v) is 14.0. The number of nitrogens with zero attached hydrogens (tertiary/aromatic N) is 6. The minimum absolute atomic E-state index is 0.0241. The quantitative estimate of drug-likeness (QED) is 0.195. The lowest BCUT2D eigenvalue weighted by atomic mass is 9.92. The molecule has 6 aromatic rings. The van der Waals surface area contributed by atoms with Crippen molar-refractivity contribution >= 4 is 45.8 Å². The number of anilines is 2. The molecule has 3 aromatic carbocycles. The van der Waals surface area contributed by atoms with Crippen LogP contribution >= 0.6 is 11.6 Å². The molecule has 2 aliphatic heterocycles. The highest BCUT2D eigenvalue weighted by atomic mass is 35.5. The normalized spacial score (nSPS) is 16.2. The third-order valence-electron chi connectivity index (χ3n) is 10.2. The Labute approximate surface area is 307 Å². The Hall–Kier alpha value is -5.42. The Morgan fingerprint density at radius 3 is 2.48 bits per heavy atom. The molecule has 1 saturated heterocycles. The zero-order valence-electron chi connectivity index (χ0n) is 29.1. The topological polar surface area (TPSA) is 96.1 Å². The number of amides is 2. The van der Waals surface area contributed by atoms with Gasteiger partial charge in [0.2, 0.25) is 0 Å². The second kappa shape index (κ2) is 14.0. The molecule has 0 unspecified atom stereocenters. The summed E-state index contributed by atoms with van der Waals surface area (Å²) in [5.74, 6) is -0.281. The monoisotopic (exact) mass is 714 g/mol. The lowest BCUT2D eigenvalue weighted by Gasteiger charge is -2.40. The second-order valence-electron chi connectivity index (χ2n) is 13.6. The highest BCUT2D eigenvalue weighted by Crippen LogP contribution is 2.35. The van der Waals surface area contributed by atoms with Crippen LogP contribution in [0.3, 0.4) is 0 Å². The molecule has 264 valence electrons. The Morgan fingerprint density at radius 2 is 1.69 bits per heavy atom. The van der Waals surface area contributed by atoms with Crippen LogP contribution in [0, 0.1) is 0 Å². The van der Waals surface area contributed by atoms with Gasteiger partial charge in [-0.25, -0.2) is 4.98 Å². The molecule has 0 spiro atoms. The number of carbonyl (C=O) groups excluding carboxylic acids is 2. The van der Waals surface area contributed by atoms with Gasteiger partial charge in [0, 0.05) is 91.6 Å². The number of halogens is 1. The predicted octanol–water partition coefficient (Wildman–Crippen LogP) is 6.82. The van der Waals surface area contributed by atoms with Crippen LogP contribution < -0.4 is 4.90 Å². The van der Waals surface area contributed by atoms with Crippen molar-refractivity contribution in [3.05, 3.63) is 131 Å². The standard InChI is InChI=1S/C41H39ClN6O4/c1-44-14-13-28-20-33(23-43-39(28)44)48(32-8-10-35(49)11-9-32)40(50)30-21-38(45(2)24-30)37-22-31(42)7-12-36(37)41(51)47-25-29-6-4-3-5-27(29)19-34(47)26-46-15-17-52-18-16-46/h3-14,20-24,34,49H,15-19,25-26H2,1-2H3/t34-/m0/s1. The number of fused-ring (bicyclic) bond motifs is 2. The van der Waals surface area contributed by atoms with Gasteiger partial charge in [0.15, 0.2) is 0 Å². The number of phenols is 1. The van der Waals surface area contributed by atoms with Crippen molar-refractivity contribution in [2.24, 2.45) is 14.1 Å². The number of carbonyl (C=O) groups is 2. The van der Waals surface area contributed by atoms with E-state index in [1.165, 1.54) is 5.56 Å². The van der Waals surface area contributed by atoms with E-state index in [9.17, 15) is 14.7 Å². The molecular formula is C41H39ClN6O4. The molecular weight excluding hydrogens is 676 g/mol. The summed E-state index contributed by atoms with van der Waals surface area (Å²) in [6.45, 7) is 4.31. The van der Waals surface area contributed by atoms with Crippen molar-refractivity contribution in [2.45, 2.75) is 19.0 Å². The van der Waals surface area contributed by atoms with Gasteiger partial charge in [-0.05, 0) is 78.2 Å². The van der Waals surface area contributed by atoms with Gasteiger partial charge in [-0.2, -0.15) is 0 Å². The van der Waals surface area contributed by atoms with Crippen LogP contribution in [0.2, 0.25) is 5.02 Å². The van der Waals surface area contributed by atoms with Gasteiger partial charge in [0.25, 0.3) is 11.8 Å². The molecule has 1 atom stereocenters. The lowest BCUT2D eigenvalue weighted by molar-refractivity contribution is 0.0193. The van der Waals surface area contributed by atoms with Crippen molar-refractivity contribution in [1.29, 1.82) is 0 Å². The van der Waals surface area contributed by atoms with Crippen LogP contribution in [-0.4, -0.2) is 79.7 Å². The van der Waals surface area contributed by atoms with Gasteiger partial charge in [0.05, 0.1) is 30.7 Å². The van der Waals surface area contributed by atoms with E-state index in [2.05, 4.69) is 28.1 Å². The first-order chi connectivity index (χ1) is 25.2. The van der Waals surface area contributed by atoms with Crippen molar-refractivity contribution in [2.75, 3.05) is 37.7 Å². The minimum atomic E-state index is -0.294. The van der Waals surface area contributed by atoms with Gasteiger partial charge >= 0.3 is 0 Å². The average Bonchev–Trinajstić information content (AvgIpc) is 3.74.